The lowest BCUT2D eigenvalue weighted by molar-refractivity contribution is -0.121. The molecule has 8 heteroatoms. The molecule has 1 unspecified atom stereocenters. The number of carbonyl (C=O) groups excluding carboxylic acids is 1. The second-order valence-corrected chi connectivity index (χ2v) is 9.17. The van der Waals surface area contributed by atoms with E-state index in [0.717, 1.165) is 54.8 Å². The number of carbonyl (C=O) groups is 1. The largest absolute Gasteiger partial charge is 0.354 e. The molecule has 4 heterocycles. The van der Waals surface area contributed by atoms with Crippen molar-refractivity contribution in [1.82, 2.24) is 20.3 Å². The van der Waals surface area contributed by atoms with Gasteiger partial charge in [0, 0.05) is 43.0 Å². The zero-order valence-electron chi connectivity index (χ0n) is 16.8. The minimum atomic E-state index is -0.0587. The molecule has 2 N–H and O–H groups in total. The standard InChI is InChI=1S/C22H25N5O2S/c28-19(24-14-10-12-27(13-14)18-7-3-4-11-23-18)9-8-17-25-21(29)20-15-5-1-2-6-16(15)30-22(20)26-17/h3-4,7,11,14H,1-2,5-6,8-10,12-13H2,(H,24,28)(H,25,26,29). The molecule has 0 bridgehead atoms. The lowest BCUT2D eigenvalue weighted by Crippen LogP contribution is -2.37. The number of aryl methyl sites for hydroxylation is 3. The van der Waals surface area contributed by atoms with Crippen LogP contribution in [0.4, 0.5) is 5.82 Å². The highest BCUT2D eigenvalue weighted by Gasteiger charge is 2.25. The Morgan fingerprint density at radius 1 is 1.30 bits per heavy atom. The smallest absolute Gasteiger partial charge is 0.259 e. The van der Waals surface area contributed by atoms with Crippen molar-refractivity contribution >= 4 is 33.3 Å². The minimum Gasteiger partial charge on any atom is -0.354 e. The van der Waals surface area contributed by atoms with E-state index in [4.69, 9.17) is 0 Å². The third kappa shape index (κ3) is 3.84. The summed E-state index contributed by atoms with van der Waals surface area (Å²) in [6.07, 6.45) is 7.79. The van der Waals surface area contributed by atoms with Crippen LogP contribution in [0.25, 0.3) is 10.2 Å². The Kier molecular flexibility index (Phi) is 5.25. The second-order valence-electron chi connectivity index (χ2n) is 8.09. The van der Waals surface area contributed by atoms with Crippen LogP contribution in [0.1, 0.15) is 41.9 Å². The van der Waals surface area contributed by atoms with Gasteiger partial charge in [-0.05, 0) is 49.8 Å². The molecule has 3 aromatic rings. The zero-order chi connectivity index (χ0) is 20.5. The zero-order valence-corrected chi connectivity index (χ0v) is 17.6. The highest BCUT2D eigenvalue weighted by atomic mass is 32.1. The maximum atomic E-state index is 12.6. The van der Waals surface area contributed by atoms with Gasteiger partial charge < -0.3 is 15.2 Å². The Bertz CT molecular complexity index is 1120. The molecule has 1 aliphatic carbocycles. The van der Waals surface area contributed by atoms with E-state index in [0.29, 0.717) is 18.7 Å². The van der Waals surface area contributed by atoms with Gasteiger partial charge in [-0.3, -0.25) is 9.59 Å². The fraction of sp³-hybridized carbons (Fsp3) is 0.455. The van der Waals surface area contributed by atoms with Gasteiger partial charge >= 0.3 is 0 Å². The SMILES string of the molecule is O=C(CCc1nc2sc3c(c2c(=O)[nH]1)CCCC3)NC1CCN(c2ccccn2)C1. The fourth-order valence-corrected chi connectivity index (χ4v) is 5.77. The lowest BCUT2D eigenvalue weighted by Gasteiger charge is -2.17. The van der Waals surface area contributed by atoms with Crippen LogP contribution in [-0.4, -0.2) is 40.0 Å². The van der Waals surface area contributed by atoms with Gasteiger partial charge in [-0.25, -0.2) is 9.97 Å². The van der Waals surface area contributed by atoms with E-state index in [1.807, 2.05) is 18.2 Å². The maximum Gasteiger partial charge on any atom is 0.259 e. The summed E-state index contributed by atoms with van der Waals surface area (Å²) in [5.41, 5.74) is 1.13. The van der Waals surface area contributed by atoms with Gasteiger partial charge in [0.25, 0.3) is 5.56 Å². The van der Waals surface area contributed by atoms with Crippen LogP contribution in [0.3, 0.4) is 0 Å². The molecule has 0 saturated carbocycles. The van der Waals surface area contributed by atoms with Crippen molar-refractivity contribution in [2.75, 3.05) is 18.0 Å². The van der Waals surface area contributed by atoms with E-state index in [9.17, 15) is 9.59 Å². The Hall–Kier alpha value is -2.74. The van der Waals surface area contributed by atoms with Crippen molar-refractivity contribution in [3.63, 3.8) is 0 Å². The first-order valence-electron chi connectivity index (χ1n) is 10.7. The quantitative estimate of drug-likeness (QED) is 0.658. The molecule has 0 spiro atoms. The van der Waals surface area contributed by atoms with Crippen molar-refractivity contribution in [2.24, 2.45) is 0 Å². The highest BCUT2D eigenvalue weighted by molar-refractivity contribution is 7.18. The highest BCUT2D eigenvalue weighted by Crippen LogP contribution is 2.33. The molecule has 1 aliphatic heterocycles. The molecule has 1 atom stereocenters. The van der Waals surface area contributed by atoms with Crippen LogP contribution in [-0.2, 0) is 24.1 Å². The number of rotatable bonds is 5. The normalized spacial score (nSPS) is 18.5. The molecule has 5 rings (SSSR count). The molecular weight excluding hydrogens is 398 g/mol. The molecule has 156 valence electrons. The summed E-state index contributed by atoms with van der Waals surface area (Å²) >= 11 is 1.64. The number of thiophene rings is 1. The number of nitrogens with zero attached hydrogens (tertiary/aromatic N) is 3. The van der Waals surface area contributed by atoms with Gasteiger partial charge in [-0.15, -0.1) is 11.3 Å². The Morgan fingerprint density at radius 2 is 2.20 bits per heavy atom. The fourth-order valence-electron chi connectivity index (χ4n) is 4.49. The van der Waals surface area contributed by atoms with Crippen LogP contribution in [0, 0.1) is 0 Å². The number of nitrogens with one attached hydrogen (secondary N) is 2. The molecule has 1 amide bonds. The number of amides is 1. The molecular formula is C22H25N5O2S. The van der Waals surface area contributed by atoms with Crippen molar-refractivity contribution in [1.29, 1.82) is 0 Å². The predicted molar refractivity (Wildman–Crippen MR) is 118 cm³/mol. The Labute approximate surface area is 178 Å². The summed E-state index contributed by atoms with van der Waals surface area (Å²) in [6.45, 7) is 1.65. The van der Waals surface area contributed by atoms with Gasteiger partial charge in [-0.1, -0.05) is 6.07 Å². The van der Waals surface area contributed by atoms with Gasteiger partial charge in [0.1, 0.15) is 16.5 Å². The maximum absolute atomic E-state index is 12.6. The average molecular weight is 424 g/mol. The van der Waals surface area contributed by atoms with Crippen LogP contribution < -0.4 is 15.8 Å². The number of aromatic nitrogens is 3. The summed E-state index contributed by atoms with van der Waals surface area (Å²) in [7, 11) is 0. The van der Waals surface area contributed by atoms with Crippen molar-refractivity contribution in [2.45, 2.75) is 51.0 Å². The average Bonchev–Trinajstić information content (AvgIpc) is 3.37. The van der Waals surface area contributed by atoms with E-state index in [1.165, 1.54) is 16.9 Å². The van der Waals surface area contributed by atoms with Crippen LogP contribution in [0.15, 0.2) is 29.2 Å². The number of anilines is 1. The summed E-state index contributed by atoms with van der Waals surface area (Å²) in [5.74, 6) is 1.54. The van der Waals surface area contributed by atoms with E-state index in [-0.39, 0.29) is 17.5 Å². The molecule has 0 aromatic carbocycles. The molecule has 3 aromatic heterocycles. The number of hydrogen-bond donors (Lipinski definition) is 2. The third-order valence-corrected chi connectivity index (χ3v) is 7.18. The number of pyridine rings is 1. The number of aromatic amines is 1. The van der Waals surface area contributed by atoms with Gasteiger partial charge in [0.15, 0.2) is 0 Å². The van der Waals surface area contributed by atoms with Crippen LogP contribution in [0.2, 0.25) is 0 Å². The lowest BCUT2D eigenvalue weighted by atomic mass is 9.97. The number of hydrogen-bond acceptors (Lipinski definition) is 6. The summed E-state index contributed by atoms with van der Waals surface area (Å²) in [6, 6.07) is 5.99. The molecule has 1 fully saturated rings. The van der Waals surface area contributed by atoms with Gasteiger partial charge in [0.2, 0.25) is 5.91 Å². The first kappa shape index (κ1) is 19.2. The second kappa shape index (κ2) is 8.18. The Balaban J connectivity index is 1.20. The summed E-state index contributed by atoms with van der Waals surface area (Å²) < 4.78 is 0. The molecule has 1 saturated heterocycles. The van der Waals surface area contributed by atoms with E-state index in [2.05, 4.69) is 25.2 Å². The number of H-pyrrole nitrogens is 1. The molecule has 7 nitrogen and oxygen atoms in total. The predicted octanol–water partition coefficient (Wildman–Crippen LogP) is 2.59. The monoisotopic (exact) mass is 423 g/mol. The van der Waals surface area contributed by atoms with Crippen molar-refractivity contribution < 1.29 is 4.79 Å². The first-order valence-corrected chi connectivity index (χ1v) is 11.5. The van der Waals surface area contributed by atoms with E-state index >= 15 is 0 Å². The van der Waals surface area contributed by atoms with E-state index in [1.54, 1.807) is 17.5 Å². The molecule has 2 aliphatic rings. The molecule has 0 radical (unpaired) electrons. The summed E-state index contributed by atoms with van der Waals surface area (Å²) in [4.78, 5) is 41.4. The van der Waals surface area contributed by atoms with Crippen molar-refractivity contribution in [3.8, 4) is 0 Å². The first-order chi connectivity index (χ1) is 14.7. The number of fused-ring (bicyclic) bond motifs is 3. The topological polar surface area (TPSA) is 91.0 Å². The molecule has 30 heavy (non-hydrogen) atoms. The van der Waals surface area contributed by atoms with Crippen LogP contribution in [0.5, 0.6) is 0 Å². The minimum absolute atomic E-state index is 0.00362. The van der Waals surface area contributed by atoms with Crippen molar-refractivity contribution in [3.05, 3.63) is 51.0 Å². The third-order valence-electron chi connectivity index (χ3n) is 5.99. The van der Waals surface area contributed by atoms with E-state index < -0.39 is 0 Å². The van der Waals surface area contributed by atoms with Gasteiger partial charge in [0.05, 0.1) is 5.39 Å². The Morgan fingerprint density at radius 3 is 3.07 bits per heavy atom. The summed E-state index contributed by atoms with van der Waals surface area (Å²) in [5, 5.41) is 3.88. The van der Waals surface area contributed by atoms with Gasteiger partial charge in [-0.2, -0.15) is 0 Å². The van der Waals surface area contributed by atoms with Crippen LogP contribution >= 0.6 is 11.3 Å².